The fraction of sp³-hybridized carbons (Fsp3) is 0.600. The zero-order valence-electron chi connectivity index (χ0n) is 8.24. The van der Waals surface area contributed by atoms with Crippen molar-refractivity contribution in [3.05, 3.63) is 12.7 Å². The Kier molecular flexibility index (Phi) is 3.68. The van der Waals surface area contributed by atoms with Crippen molar-refractivity contribution in [3.63, 3.8) is 0 Å². The molecule has 4 nitrogen and oxygen atoms in total. The summed E-state index contributed by atoms with van der Waals surface area (Å²) in [6, 6.07) is 0. The van der Waals surface area contributed by atoms with Gasteiger partial charge in [-0.05, 0) is 24.8 Å². The van der Waals surface area contributed by atoms with E-state index in [1.54, 1.807) is 4.90 Å². The van der Waals surface area contributed by atoms with Crippen LogP contribution in [0, 0.1) is 5.92 Å². The molecule has 0 aromatic rings. The molecule has 0 saturated carbocycles. The first-order valence-corrected chi connectivity index (χ1v) is 4.83. The number of carbonyl (C=O) groups is 2. The molecule has 1 atom stereocenters. The maximum absolute atomic E-state index is 11.3. The molecule has 0 aromatic heterocycles. The number of amides is 2. The molecular weight excluding hydrogens is 180 g/mol. The van der Waals surface area contributed by atoms with E-state index in [0.717, 1.165) is 19.4 Å². The molecule has 0 radical (unpaired) electrons. The number of primary amides is 1. The molecule has 0 spiro atoms. The first kappa shape index (κ1) is 10.8. The number of nitrogens with zero attached hydrogens (tertiary/aromatic N) is 1. The normalized spacial score (nSPS) is 21.7. The van der Waals surface area contributed by atoms with Gasteiger partial charge in [0.15, 0.2) is 0 Å². The van der Waals surface area contributed by atoms with Crippen LogP contribution in [0.2, 0.25) is 0 Å². The number of piperidine rings is 1. The smallest absolute Gasteiger partial charge is 0.245 e. The van der Waals surface area contributed by atoms with Crippen LogP contribution in [0.15, 0.2) is 12.7 Å². The van der Waals surface area contributed by atoms with Crippen molar-refractivity contribution in [2.75, 3.05) is 13.1 Å². The summed E-state index contributed by atoms with van der Waals surface area (Å²) in [6.45, 7) is 4.84. The third-order valence-electron chi connectivity index (χ3n) is 2.50. The maximum atomic E-state index is 11.3. The molecule has 1 fully saturated rings. The van der Waals surface area contributed by atoms with Crippen LogP contribution in [-0.2, 0) is 9.59 Å². The molecule has 1 unspecified atom stereocenters. The van der Waals surface area contributed by atoms with Gasteiger partial charge in [-0.2, -0.15) is 0 Å². The molecule has 0 bridgehead atoms. The molecule has 1 rings (SSSR count). The van der Waals surface area contributed by atoms with Crippen molar-refractivity contribution < 1.29 is 9.59 Å². The van der Waals surface area contributed by atoms with E-state index in [9.17, 15) is 9.59 Å². The highest BCUT2D eigenvalue weighted by molar-refractivity contribution is 5.87. The molecule has 2 amide bonds. The van der Waals surface area contributed by atoms with Crippen LogP contribution in [0.3, 0.4) is 0 Å². The first-order valence-electron chi connectivity index (χ1n) is 4.83. The number of hydrogen-bond donors (Lipinski definition) is 1. The summed E-state index contributed by atoms with van der Waals surface area (Å²) in [5, 5.41) is 0. The number of hydrogen-bond acceptors (Lipinski definition) is 2. The van der Waals surface area contributed by atoms with E-state index < -0.39 is 0 Å². The summed E-state index contributed by atoms with van der Waals surface area (Å²) in [5.41, 5.74) is 5.11. The van der Waals surface area contributed by atoms with Crippen LogP contribution in [0.1, 0.15) is 19.3 Å². The predicted molar refractivity (Wildman–Crippen MR) is 53.3 cm³/mol. The summed E-state index contributed by atoms with van der Waals surface area (Å²) < 4.78 is 0. The molecule has 0 aliphatic carbocycles. The van der Waals surface area contributed by atoms with Gasteiger partial charge >= 0.3 is 0 Å². The van der Waals surface area contributed by atoms with E-state index in [1.807, 2.05) is 0 Å². The summed E-state index contributed by atoms with van der Waals surface area (Å²) >= 11 is 0. The summed E-state index contributed by atoms with van der Waals surface area (Å²) in [5.74, 6) is -0.118. The van der Waals surface area contributed by atoms with Gasteiger partial charge in [-0.1, -0.05) is 6.58 Å². The second-order valence-corrected chi connectivity index (χ2v) is 3.67. The molecule has 1 heterocycles. The van der Waals surface area contributed by atoms with E-state index in [-0.39, 0.29) is 17.7 Å². The van der Waals surface area contributed by atoms with Gasteiger partial charge in [0.2, 0.25) is 11.8 Å². The fourth-order valence-electron chi connectivity index (χ4n) is 1.85. The van der Waals surface area contributed by atoms with Gasteiger partial charge in [0.1, 0.15) is 0 Å². The van der Waals surface area contributed by atoms with Gasteiger partial charge in [-0.3, -0.25) is 9.59 Å². The standard InChI is InChI=1S/C10H16N2O2/c1-2-10(14)12-5-3-4-8(7-12)6-9(11)13/h2,8H,1,3-7H2,(H2,11,13). The van der Waals surface area contributed by atoms with Crippen molar-refractivity contribution in [2.45, 2.75) is 19.3 Å². The zero-order valence-corrected chi connectivity index (χ0v) is 8.24. The van der Waals surface area contributed by atoms with Crippen molar-refractivity contribution in [3.8, 4) is 0 Å². The Morgan fingerprint density at radius 1 is 1.57 bits per heavy atom. The molecule has 1 aliphatic rings. The Labute approximate surface area is 83.8 Å². The molecule has 1 saturated heterocycles. The number of rotatable bonds is 3. The van der Waals surface area contributed by atoms with Gasteiger partial charge in [-0.25, -0.2) is 0 Å². The van der Waals surface area contributed by atoms with Crippen LogP contribution in [0.4, 0.5) is 0 Å². The van der Waals surface area contributed by atoms with Crippen molar-refractivity contribution in [1.29, 1.82) is 0 Å². The van der Waals surface area contributed by atoms with E-state index in [2.05, 4.69) is 6.58 Å². The quantitative estimate of drug-likeness (QED) is 0.659. The fourth-order valence-corrected chi connectivity index (χ4v) is 1.85. The van der Waals surface area contributed by atoms with Crippen LogP contribution < -0.4 is 5.73 Å². The number of carbonyl (C=O) groups excluding carboxylic acids is 2. The third kappa shape index (κ3) is 2.87. The second-order valence-electron chi connectivity index (χ2n) is 3.67. The lowest BCUT2D eigenvalue weighted by Crippen LogP contribution is -2.40. The van der Waals surface area contributed by atoms with Gasteiger partial charge in [-0.15, -0.1) is 0 Å². The van der Waals surface area contributed by atoms with Gasteiger partial charge in [0.25, 0.3) is 0 Å². The van der Waals surface area contributed by atoms with Gasteiger partial charge < -0.3 is 10.6 Å². The summed E-state index contributed by atoms with van der Waals surface area (Å²) in [4.78, 5) is 23.7. The van der Waals surface area contributed by atoms with Crippen molar-refractivity contribution >= 4 is 11.8 Å². The highest BCUT2D eigenvalue weighted by Gasteiger charge is 2.23. The highest BCUT2D eigenvalue weighted by Crippen LogP contribution is 2.19. The van der Waals surface area contributed by atoms with E-state index >= 15 is 0 Å². The predicted octanol–water partition coefficient (Wildman–Crippen LogP) is 0.286. The second kappa shape index (κ2) is 4.79. The van der Waals surface area contributed by atoms with Crippen molar-refractivity contribution in [1.82, 2.24) is 4.90 Å². The Morgan fingerprint density at radius 2 is 2.29 bits per heavy atom. The molecule has 14 heavy (non-hydrogen) atoms. The SMILES string of the molecule is C=CC(=O)N1CCCC(CC(N)=O)C1. The van der Waals surface area contributed by atoms with Crippen LogP contribution >= 0.6 is 0 Å². The molecule has 4 heteroatoms. The average Bonchev–Trinajstić information content (AvgIpc) is 2.16. The molecule has 0 aromatic carbocycles. The molecule has 1 aliphatic heterocycles. The van der Waals surface area contributed by atoms with E-state index in [1.165, 1.54) is 6.08 Å². The number of likely N-dealkylation sites (tertiary alicyclic amines) is 1. The van der Waals surface area contributed by atoms with Crippen LogP contribution in [0.5, 0.6) is 0 Å². The zero-order chi connectivity index (χ0) is 10.6. The van der Waals surface area contributed by atoms with E-state index in [4.69, 9.17) is 5.73 Å². The third-order valence-corrected chi connectivity index (χ3v) is 2.50. The van der Waals surface area contributed by atoms with Crippen molar-refractivity contribution in [2.24, 2.45) is 11.7 Å². The monoisotopic (exact) mass is 196 g/mol. The minimum Gasteiger partial charge on any atom is -0.370 e. The largest absolute Gasteiger partial charge is 0.370 e. The Bertz CT molecular complexity index is 251. The van der Waals surface area contributed by atoms with Crippen LogP contribution in [-0.4, -0.2) is 29.8 Å². The molecule has 2 N–H and O–H groups in total. The van der Waals surface area contributed by atoms with Gasteiger partial charge in [0.05, 0.1) is 0 Å². The minimum absolute atomic E-state index is 0.0563. The van der Waals surface area contributed by atoms with E-state index in [0.29, 0.717) is 13.0 Å². The Hall–Kier alpha value is -1.32. The lowest BCUT2D eigenvalue weighted by Gasteiger charge is -2.31. The minimum atomic E-state index is -0.289. The summed E-state index contributed by atoms with van der Waals surface area (Å²) in [7, 11) is 0. The Balaban J connectivity index is 2.47. The lowest BCUT2D eigenvalue weighted by molar-refractivity contribution is -0.129. The topological polar surface area (TPSA) is 63.4 Å². The average molecular weight is 196 g/mol. The number of nitrogens with two attached hydrogens (primary N) is 1. The molecular formula is C10H16N2O2. The van der Waals surface area contributed by atoms with Gasteiger partial charge in [0, 0.05) is 19.5 Å². The molecule has 78 valence electrons. The summed E-state index contributed by atoms with van der Waals surface area (Å²) in [6.07, 6.45) is 3.61. The van der Waals surface area contributed by atoms with Crippen LogP contribution in [0.25, 0.3) is 0 Å². The maximum Gasteiger partial charge on any atom is 0.245 e. The lowest BCUT2D eigenvalue weighted by atomic mass is 9.94. The first-order chi connectivity index (χ1) is 6.63. The highest BCUT2D eigenvalue weighted by atomic mass is 16.2. The Morgan fingerprint density at radius 3 is 2.86 bits per heavy atom.